The lowest BCUT2D eigenvalue weighted by Gasteiger charge is -2.17. The number of nitrogens with one attached hydrogen (secondary N) is 1. The predicted octanol–water partition coefficient (Wildman–Crippen LogP) is 3.03. The first-order valence-electron chi connectivity index (χ1n) is 10.2. The number of amides is 1. The van der Waals surface area contributed by atoms with Crippen LogP contribution in [0.2, 0.25) is 0 Å². The summed E-state index contributed by atoms with van der Waals surface area (Å²) in [5, 5.41) is 4.09. The van der Waals surface area contributed by atoms with E-state index >= 15 is 0 Å². The Labute approximate surface area is 170 Å². The highest BCUT2D eigenvalue weighted by atomic mass is 16.5. The number of hydrogen-bond acceptors (Lipinski definition) is 3. The number of para-hydroxylation sites is 1. The molecule has 1 aliphatic rings. The Balaban J connectivity index is 1.48. The van der Waals surface area contributed by atoms with Crippen molar-refractivity contribution in [1.82, 2.24) is 14.5 Å². The highest BCUT2D eigenvalue weighted by molar-refractivity contribution is 5.95. The van der Waals surface area contributed by atoms with Crippen LogP contribution in [0.3, 0.4) is 0 Å². The number of aryl methyl sites for hydroxylation is 2. The van der Waals surface area contributed by atoms with Crippen molar-refractivity contribution >= 4 is 16.8 Å². The molecule has 29 heavy (non-hydrogen) atoms. The smallest absolute Gasteiger partial charge is 0.263 e. The number of ether oxygens (including phenoxy) is 1. The Morgan fingerprint density at radius 1 is 1.24 bits per heavy atom. The van der Waals surface area contributed by atoms with Gasteiger partial charge in [0.05, 0.1) is 12.6 Å². The van der Waals surface area contributed by atoms with Gasteiger partial charge in [-0.2, -0.15) is 0 Å². The first kappa shape index (κ1) is 19.5. The molecule has 0 radical (unpaired) electrons. The molecule has 6 heteroatoms. The molecular weight excluding hydrogens is 366 g/mol. The van der Waals surface area contributed by atoms with Crippen molar-refractivity contribution in [3.05, 3.63) is 69.8 Å². The van der Waals surface area contributed by atoms with Crippen LogP contribution < -0.4 is 10.9 Å². The normalized spacial score (nSPS) is 16.4. The summed E-state index contributed by atoms with van der Waals surface area (Å²) in [5.74, 6) is -0.315. The number of hydrogen-bond donors (Lipinski definition) is 1. The monoisotopic (exact) mass is 393 g/mol. The van der Waals surface area contributed by atoms with E-state index in [-0.39, 0.29) is 23.1 Å². The number of carbonyl (C=O) groups is 1. The second-order valence-electron chi connectivity index (χ2n) is 7.72. The van der Waals surface area contributed by atoms with Crippen LogP contribution in [0.4, 0.5) is 0 Å². The molecule has 0 bridgehead atoms. The zero-order valence-electron chi connectivity index (χ0n) is 17.0. The van der Waals surface area contributed by atoms with Gasteiger partial charge in [-0.05, 0) is 55.8 Å². The molecule has 152 valence electrons. The van der Waals surface area contributed by atoms with Gasteiger partial charge in [0.15, 0.2) is 0 Å². The van der Waals surface area contributed by atoms with E-state index in [2.05, 4.69) is 28.1 Å². The number of pyridine rings is 1. The second kappa shape index (κ2) is 8.25. The maximum absolute atomic E-state index is 13.0. The van der Waals surface area contributed by atoms with Gasteiger partial charge >= 0.3 is 0 Å². The highest BCUT2D eigenvalue weighted by Gasteiger charge is 2.21. The molecule has 0 saturated carbocycles. The summed E-state index contributed by atoms with van der Waals surface area (Å²) in [6.07, 6.45) is 4.03. The Kier molecular flexibility index (Phi) is 5.53. The zero-order valence-corrected chi connectivity index (χ0v) is 17.0. The largest absolute Gasteiger partial charge is 0.376 e. The summed E-state index contributed by atoms with van der Waals surface area (Å²) in [6, 6.07) is 12.1. The van der Waals surface area contributed by atoms with Gasteiger partial charge in [-0.25, -0.2) is 0 Å². The number of aromatic nitrogens is 2. The Bertz CT molecular complexity index is 1090. The molecule has 1 aliphatic heterocycles. The van der Waals surface area contributed by atoms with Gasteiger partial charge in [0, 0.05) is 37.1 Å². The third kappa shape index (κ3) is 3.98. The van der Waals surface area contributed by atoms with E-state index in [1.807, 2.05) is 38.2 Å². The lowest BCUT2D eigenvalue weighted by atomic mass is 10.1. The molecule has 1 amide bonds. The van der Waals surface area contributed by atoms with Gasteiger partial charge in [0.25, 0.3) is 11.5 Å². The molecule has 0 spiro atoms. The topological polar surface area (TPSA) is 65.3 Å². The molecule has 1 atom stereocenters. The van der Waals surface area contributed by atoms with Crippen molar-refractivity contribution in [3.63, 3.8) is 0 Å². The summed E-state index contributed by atoms with van der Waals surface area (Å²) in [7, 11) is 0. The van der Waals surface area contributed by atoms with Gasteiger partial charge < -0.3 is 19.2 Å². The van der Waals surface area contributed by atoms with Gasteiger partial charge in [0.1, 0.15) is 5.56 Å². The fraction of sp³-hybridized carbons (Fsp3) is 0.391. The van der Waals surface area contributed by atoms with Crippen molar-refractivity contribution in [2.75, 3.05) is 13.2 Å². The molecule has 2 aromatic heterocycles. The fourth-order valence-electron chi connectivity index (χ4n) is 4.14. The molecule has 1 saturated heterocycles. The number of nitrogens with zero attached hydrogens (tertiary/aromatic N) is 2. The van der Waals surface area contributed by atoms with Crippen molar-refractivity contribution < 1.29 is 9.53 Å². The Hall–Kier alpha value is -2.86. The second-order valence-corrected chi connectivity index (χ2v) is 7.72. The number of rotatable bonds is 6. The summed E-state index contributed by atoms with van der Waals surface area (Å²) in [5.41, 5.74) is 2.69. The molecule has 4 rings (SSSR count). The molecule has 1 unspecified atom stereocenters. The van der Waals surface area contributed by atoms with Crippen LogP contribution in [0.25, 0.3) is 10.9 Å². The van der Waals surface area contributed by atoms with Crippen molar-refractivity contribution in [1.29, 1.82) is 0 Å². The minimum absolute atomic E-state index is 0.0482. The van der Waals surface area contributed by atoms with E-state index < -0.39 is 0 Å². The van der Waals surface area contributed by atoms with E-state index in [9.17, 15) is 9.59 Å². The average Bonchev–Trinajstić information content (AvgIpc) is 3.35. The third-order valence-corrected chi connectivity index (χ3v) is 5.66. The highest BCUT2D eigenvalue weighted by Crippen LogP contribution is 2.16. The van der Waals surface area contributed by atoms with E-state index in [0.29, 0.717) is 25.2 Å². The SMILES string of the molecule is Cc1cc(C)n(CC2CCCO2)c(=O)c1C(=O)NCCn1ccc2ccccc21. The molecule has 1 N–H and O–H groups in total. The minimum atomic E-state index is -0.315. The molecule has 3 aromatic rings. The molecule has 6 nitrogen and oxygen atoms in total. The van der Waals surface area contributed by atoms with Crippen molar-refractivity contribution in [2.24, 2.45) is 0 Å². The standard InChI is InChI=1S/C23H27N3O3/c1-16-14-17(2)26(15-19-7-5-13-29-19)23(28)21(16)22(27)24-10-12-25-11-9-18-6-3-4-8-20(18)25/h3-4,6,8-9,11,14,19H,5,7,10,12-13,15H2,1-2H3,(H,24,27). The fourth-order valence-corrected chi connectivity index (χ4v) is 4.14. The van der Waals surface area contributed by atoms with Crippen LogP contribution in [0.1, 0.15) is 34.5 Å². The summed E-state index contributed by atoms with van der Waals surface area (Å²) in [4.78, 5) is 25.9. The van der Waals surface area contributed by atoms with Crippen LogP contribution in [0.15, 0.2) is 47.4 Å². The predicted molar refractivity (Wildman–Crippen MR) is 113 cm³/mol. The molecule has 1 aromatic carbocycles. The molecule has 3 heterocycles. The van der Waals surface area contributed by atoms with Crippen LogP contribution >= 0.6 is 0 Å². The van der Waals surface area contributed by atoms with Crippen LogP contribution in [-0.2, 0) is 17.8 Å². The number of benzene rings is 1. The van der Waals surface area contributed by atoms with Crippen molar-refractivity contribution in [3.8, 4) is 0 Å². The average molecular weight is 393 g/mol. The van der Waals surface area contributed by atoms with Gasteiger partial charge in [-0.15, -0.1) is 0 Å². The van der Waals surface area contributed by atoms with Gasteiger partial charge in [-0.1, -0.05) is 18.2 Å². The molecule has 0 aliphatic carbocycles. The van der Waals surface area contributed by atoms with E-state index in [0.717, 1.165) is 30.7 Å². The zero-order chi connectivity index (χ0) is 20.4. The summed E-state index contributed by atoms with van der Waals surface area (Å²) < 4.78 is 9.46. The van der Waals surface area contributed by atoms with E-state index in [1.165, 1.54) is 5.39 Å². The quantitative estimate of drug-likeness (QED) is 0.700. The first-order chi connectivity index (χ1) is 14.0. The van der Waals surface area contributed by atoms with Crippen molar-refractivity contribution in [2.45, 2.75) is 45.9 Å². The lowest BCUT2D eigenvalue weighted by molar-refractivity contribution is 0.0926. The molecular formula is C23H27N3O3. The van der Waals surface area contributed by atoms with Gasteiger partial charge in [0.2, 0.25) is 0 Å². The summed E-state index contributed by atoms with van der Waals surface area (Å²) in [6.45, 7) is 6.07. The minimum Gasteiger partial charge on any atom is -0.376 e. The Morgan fingerprint density at radius 2 is 2.07 bits per heavy atom. The van der Waals surface area contributed by atoms with E-state index in [1.54, 1.807) is 4.57 Å². The van der Waals surface area contributed by atoms with Crippen LogP contribution in [0.5, 0.6) is 0 Å². The van der Waals surface area contributed by atoms with Crippen LogP contribution in [-0.4, -0.2) is 34.3 Å². The van der Waals surface area contributed by atoms with Crippen LogP contribution in [0, 0.1) is 13.8 Å². The lowest BCUT2D eigenvalue weighted by Crippen LogP contribution is -2.37. The summed E-state index contributed by atoms with van der Waals surface area (Å²) >= 11 is 0. The molecule has 1 fully saturated rings. The third-order valence-electron chi connectivity index (χ3n) is 5.66. The van der Waals surface area contributed by atoms with Gasteiger partial charge in [-0.3, -0.25) is 9.59 Å². The maximum atomic E-state index is 13.0. The Morgan fingerprint density at radius 3 is 2.86 bits per heavy atom. The first-order valence-corrected chi connectivity index (χ1v) is 10.2. The number of carbonyl (C=O) groups excluding carboxylic acids is 1. The van der Waals surface area contributed by atoms with E-state index in [4.69, 9.17) is 4.74 Å². The maximum Gasteiger partial charge on any atom is 0.263 e. The number of fused-ring (bicyclic) bond motifs is 1.